The lowest BCUT2D eigenvalue weighted by molar-refractivity contribution is 0.544. The molecule has 2 atom stereocenters. The second kappa shape index (κ2) is 4.80. The van der Waals surface area contributed by atoms with Gasteiger partial charge in [-0.2, -0.15) is 0 Å². The van der Waals surface area contributed by atoms with Gasteiger partial charge in [-0.3, -0.25) is 0 Å². The van der Waals surface area contributed by atoms with Crippen molar-refractivity contribution < 1.29 is 0 Å². The van der Waals surface area contributed by atoms with E-state index in [1.807, 2.05) is 12.1 Å². The topological polar surface area (TPSA) is 12.0 Å². The van der Waals surface area contributed by atoms with Crippen molar-refractivity contribution in [2.45, 2.75) is 25.9 Å². The number of nitrogens with one attached hydrogen (secondary N) is 1. The summed E-state index contributed by atoms with van der Waals surface area (Å²) in [6.07, 6.45) is 1.89. The molecular weight excluding hydrogens is 202 g/mol. The van der Waals surface area contributed by atoms with Crippen molar-refractivity contribution in [2.75, 3.05) is 0 Å². The molecule has 0 aliphatic carbocycles. The van der Waals surface area contributed by atoms with Crippen LogP contribution in [0.3, 0.4) is 0 Å². The number of rotatable bonds is 4. The second-order valence-corrected chi connectivity index (χ2v) is 4.80. The van der Waals surface area contributed by atoms with Crippen molar-refractivity contribution in [3.63, 3.8) is 0 Å². The fraction of sp³-hybridized carbons (Fsp3) is 0.400. The van der Waals surface area contributed by atoms with Gasteiger partial charge >= 0.3 is 0 Å². The Bertz CT molecular complexity index is 282. The summed E-state index contributed by atoms with van der Waals surface area (Å²) in [5, 5.41) is 3.39. The molecule has 0 aliphatic rings. The Balaban J connectivity index is 2.57. The number of halogens is 1. The predicted octanol–water partition coefficient (Wildman–Crippen LogP) is 3.63. The van der Waals surface area contributed by atoms with E-state index in [1.165, 1.54) is 4.88 Å². The fourth-order valence-electron chi connectivity index (χ4n) is 1.11. The van der Waals surface area contributed by atoms with Crippen molar-refractivity contribution in [3.05, 3.63) is 34.0 Å². The van der Waals surface area contributed by atoms with Crippen LogP contribution in [0.15, 0.2) is 24.8 Å². The normalized spacial score (nSPS) is 15.3. The first kappa shape index (κ1) is 10.8. The molecule has 1 N–H and O–H groups in total. The zero-order valence-corrected chi connectivity index (χ0v) is 9.45. The van der Waals surface area contributed by atoms with Crippen molar-refractivity contribution in [2.24, 2.45) is 0 Å². The molecule has 1 nitrogen and oxygen atoms in total. The van der Waals surface area contributed by atoms with Gasteiger partial charge in [0.2, 0.25) is 0 Å². The predicted molar refractivity (Wildman–Crippen MR) is 60.5 cm³/mol. The average Bonchev–Trinajstić information content (AvgIpc) is 2.51. The van der Waals surface area contributed by atoms with E-state index in [2.05, 4.69) is 31.8 Å². The Labute approximate surface area is 88.4 Å². The lowest BCUT2D eigenvalue weighted by Gasteiger charge is -2.15. The van der Waals surface area contributed by atoms with Crippen LogP contribution in [0.2, 0.25) is 4.34 Å². The quantitative estimate of drug-likeness (QED) is 0.757. The summed E-state index contributed by atoms with van der Waals surface area (Å²) in [7, 11) is 0. The lowest BCUT2D eigenvalue weighted by atomic mass is 10.2. The van der Waals surface area contributed by atoms with Gasteiger partial charge < -0.3 is 5.32 Å². The summed E-state index contributed by atoms with van der Waals surface area (Å²) < 4.78 is 0.843. The molecule has 1 aromatic heterocycles. The molecule has 0 radical (unpaired) electrons. The van der Waals surface area contributed by atoms with Crippen molar-refractivity contribution in [1.82, 2.24) is 5.32 Å². The van der Waals surface area contributed by atoms with Gasteiger partial charge in [0.05, 0.1) is 4.34 Å². The van der Waals surface area contributed by atoms with Crippen LogP contribution in [0.25, 0.3) is 0 Å². The van der Waals surface area contributed by atoms with Crippen LogP contribution in [-0.2, 0) is 0 Å². The third kappa shape index (κ3) is 3.14. The van der Waals surface area contributed by atoms with Crippen molar-refractivity contribution in [1.29, 1.82) is 0 Å². The molecule has 13 heavy (non-hydrogen) atoms. The van der Waals surface area contributed by atoms with Gasteiger partial charge in [0.25, 0.3) is 0 Å². The third-order valence-corrected chi connectivity index (χ3v) is 3.30. The second-order valence-electron chi connectivity index (χ2n) is 3.05. The van der Waals surface area contributed by atoms with E-state index in [0.29, 0.717) is 12.1 Å². The molecule has 3 heteroatoms. The summed E-state index contributed by atoms with van der Waals surface area (Å²) in [5.74, 6) is 0. The molecule has 1 rings (SSSR count). The van der Waals surface area contributed by atoms with Crippen LogP contribution in [-0.4, -0.2) is 6.04 Å². The van der Waals surface area contributed by atoms with E-state index in [0.717, 1.165) is 4.34 Å². The molecule has 0 fully saturated rings. The molecule has 0 amide bonds. The van der Waals surface area contributed by atoms with Crippen molar-refractivity contribution >= 4 is 22.9 Å². The fourth-order valence-corrected chi connectivity index (χ4v) is 2.18. The maximum Gasteiger partial charge on any atom is 0.0931 e. The number of thiophene rings is 1. The SMILES string of the molecule is C=CC(C)NC(C)c1ccc(Cl)s1. The van der Waals surface area contributed by atoms with Gasteiger partial charge in [0.1, 0.15) is 0 Å². The highest BCUT2D eigenvalue weighted by Gasteiger charge is 2.08. The molecule has 0 aromatic carbocycles. The zero-order chi connectivity index (χ0) is 9.84. The summed E-state index contributed by atoms with van der Waals surface area (Å²) >= 11 is 7.46. The summed E-state index contributed by atoms with van der Waals surface area (Å²) in [6.45, 7) is 7.94. The monoisotopic (exact) mass is 215 g/mol. The van der Waals surface area contributed by atoms with Gasteiger partial charge in [-0.05, 0) is 26.0 Å². The van der Waals surface area contributed by atoms with Crippen molar-refractivity contribution in [3.8, 4) is 0 Å². The van der Waals surface area contributed by atoms with E-state index in [-0.39, 0.29) is 0 Å². The van der Waals surface area contributed by atoms with Crippen LogP contribution in [0.5, 0.6) is 0 Å². The van der Waals surface area contributed by atoms with Gasteiger partial charge in [-0.1, -0.05) is 17.7 Å². The Hall–Kier alpha value is -0.310. The Morgan fingerprint density at radius 2 is 2.23 bits per heavy atom. The maximum absolute atomic E-state index is 5.85. The minimum absolute atomic E-state index is 0.330. The lowest BCUT2D eigenvalue weighted by Crippen LogP contribution is -2.26. The molecule has 2 unspecified atom stereocenters. The summed E-state index contributed by atoms with van der Waals surface area (Å²) in [4.78, 5) is 1.26. The van der Waals surface area contributed by atoms with Crippen LogP contribution in [0.1, 0.15) is 24.8 Å². The van der Waals surface area contributed by atoms with Crippen LogP contribution < -0.4 is 5.32 Å². The zero-order valence-electron chi connectivity index (χ0n) is 7.88. The summed E-state index contributed by atoms with van der Waals surface area (Å²) in [5.41, 5.74) is 0. The number of hydrogen-bond donors (Lipinski definition) is 1. The first-order valence-corrected chi connectivity index (χ1v) is 5.46. The minimum atomic E-state index is 0.330. The van der Waals surface area contributed by atoms with Crippen LogP contribution in [0.4, 0.5) is 0 Å². The highest BCUT2D eigenvalue weighted by atomic mass is 35.5. The van der Waals surface area contributed by atoms with E-state index < -0.39 is 0 Å². The Kier molecular flexibility index (Phi) is 3.97. The highest BCUT2D eigenvalue weighted by Crippen LogP contribution is 2.26. The molecule has 0 spiro atoms. The average molecular weight is 216 g/mol. The molecular formula is C10H14ClNS. The van der Waals surface area contributed by atoms with E-state index in [9.17, 15) is 0 Å². The largest absolute Gasteiger partial charge is 0.303 e. The summed E-state index contributed by atoms with van der Waals surface area (Å²) in [6, 6.07) is 4.65. The molecule has 72 valence electrons. The van der Waals surface area contributed by atoms with E-state index >= 15 is 0 Å². The molecule has 0 saturated carbocycles. The Morgan fingerprint density at radius 1 is 1.54 bits per heavy atom. The first-order valence-electron chi connectivity index (χ1n) is 4.27. The smallest absolute Gasteiger partial charge is 0.0931 e. The minimum Gasteiger partial charge on any atom is -0.303 e. The van der Waals surface area contributed by atoms with Gasteiger partial charge in [-0.15, -0.1) is 17.9 Å². The molecule has 1 aromatic rings. The number of hydrogen-bond acceptors (Lipinski definition) is 2. The molecule has 0 saturated heterocycles. The van der Waals surface area contributed by atoms with Gasteiger partial charge in [-0.25, -0.2) is 0 Å². The highest BCUT2D eigenvalue weighted by molar-refractivity contribution is 7.16. The maximum atomic E-state index is 5.85. The van der Waals surface area contributed by atoms with E-state index in [1.54, 1.807) is 11.3 Å². The van der Waals surface area contributed by atoms with Crippen LogP contribution in [0, 0.1) is 0 Å². The van der Waals surface area contributed by atoms with Gasteiger partial charge in [0, 0.05) is 17.0 Å². The molecule has 1 heterocycles. The first-order chi connectivity index (χ1) is 6.13. The molecule has 0 bridgehead atoms. The van der Waals surface area contributed by atoms with Gasteiger partial charge in [0.15, 0.2) is 0 Å². The molecule has 0 aliphatic heterocycles. The standard InChI is InChI=1S/C10H14ClNS/c1-4-7(2)12-8(3)9-5-6-10(11)13-9/h4-8,12H,1H2,2-3H3. The van der Waals surface area contributed by atoms with Crippen LogP contribution >= 0.6 is 22.9 Å². The Morgan fingerprint density at radius 3 is 2.69 bits per heavy atom. The van der Waals surface area contributed by atoms with E-state index in [4.69, 9.17) is 11.6 Å². The third-order valence-electron chi connectivity index (χ3n) is 1.89.